The van der Waals surface area contributed by atoms with Crippen LogP contribution in [0.4, 0.5) is 5.69 Å². The summed E-state index contributed by atoms with van der Waals surface area (Å²) in [5, 5.41) is 3.19. The molecule has 0 aliphatic rings. The first-order chi connectivity index (χ1) is 9.10. The smallest absolute Gasteiger partial charge is 0.272 e. The number of aromatic nitrogens is 2. The molecular weight excluding hydrogens is 330 g/mol. The van der Waals surface area contributed by atoms with Gasteiger partial charge >= 0.3 is 0 Å². The lowest BCUT2D eigenvalue weighted by molar-refractivity contribution is 0.101. The molecule has 0 saturated carbocycles. The van der Waals surface area contributed by atoms with Crippen LogP contribution >= 0.6 is 27.5 Å². The Kier molecular flexibility index (Phi) is 4.61. The average molecular weight is 343 g/mol. The van der Waals surface area contributed by atoms with Gasteiger partial charge in [-0.2, -0.15) is 0 Å². The lowest BCUT2D eigenvalue weighted by Gasteiger charge is -2.08. The fourth-order valence-electron chi connectivity index (χ4n) is 1.74. The Balaban J connectivity index is 2.17. The van der Waals surface area contributed by atoms with Crippen LogP contribution in [0, 0.1) is 0 Å². The maximum Gasteiger partial charge on any atom is 0.272 e. The maximum absolute atomic E-state index is 12.2. The second-order valence-electron chi connectivity index (χ2n) is 4.06. The van der Waals surface area contributed by atoms with Gasteiger partial charge in [0.1, 0.15) is 10.8 Å². The van der Waals surface area contributed by atoms with Crippen molar-refractivity contribution >= 4 is 39.1 Å². The Morgan fingerprint density at radius 2 is 2.32 bits per heavy atom. The van der Waals surface area contributed by atoms with E-state index in [1.54, 1.807) is 18.2 Å². The zero-order valence-electron chi connectivity index (χ0n) is 10.4. The number of nitrogens with zero attached hydrogens (tertiary/aromatic N) is 2. The number of amides is 1. The van der Waals surface area contributed by atoms with E-state index in [0.29, 0.717) is 16.5 Å². The van der Waals surface area contributed by atoms with E-state index in [4.69, 9.17) is 11.6 Å². The Morgan fingerprint density at radius 1 is 1.53 bits per heavy atom. The summed E-state index contributed by atoms with van der Waals surface area (Å²) in [5.41, 5.74) is 1.23. The molecule has 19 heavy (non-hydrogen) atoms. The molecule has 100 valence electrons. The van der Waals surface area contributed by atoms with Gasteiger partial charge < -0.3 is 9.88 Å². The minimum Gasteiger partial charge on any atom is -0.342 e. The van der Waals surface area contributed by atoms with Crippen LogP contribution in [0.25, 0.3) is 0 Å². The van der Waals surface area contributed by atoms with Gasteiger partial charge in [0.15, 0.2) is 0 Å². The van der Waals surface area contributed by atoms with Gasteiger partial charge in [-0.1, -0.05) is 18.5 Å². The van der Waals surface area contributed by atoms with Gasteiger partial charge in [-0.05, 0) is 40.5 Å². The van der Waals surface area contributed by atoms with Gasteiger partial charge in [-0.3, -0.25) is 4.79 Å². The van der Waals surface area contributed by atoms with Crippen molar-refractivity contribution in [2.24, 2.45) is 0 Å². The molecule has 6 heteroatoms. The molecular formula is C13H13BrClN3O. The Morgan fingerprint density at radius 3 is 2.95 bits per heavy atom. The summed E-state index contributed by atoms with van der Waals surface area (Å²) in [6.45, 7) is 2.87. The van der Waals surface area contributed by atoms with Crippen LogP contribution in [-0.2, 0) is 6.54 Å². The molecule has 2 rings (SSSR count). The van der Waals surface area contributed by atoms with Gasteiger partial charge in [-0.15, -0.1) is 0 Å². The molecule has 0 unspecified atom stereocenters. The molecule has 0 radical (unpaired) electrons. The normalized spacial score (nSPS) is 10.5. The summed E-state index contributed by atoms with van der Waals surface area (Å²) in [6, 6.07) is 5.15. The fraction of sp³-hybridized carbons (Fsp3) is 0.231. The van der Waals surface area contributed by atoms with Crippen LogP contribution in [-0.4, -0.2) is 15.5 Å². The average Bonchev–Trinajstić information content (AvgIpc) is 2.74. The van der Waals surface area contributed by atoms with Gasteiger partial charge in [0, 0.05) is 17.2 Å². The van der Waals surface area contributed by atoms with Crippen LogP contribution in [0.3, 0.4) is 0 Å². The van der Waals surface area contributed by atoms with E-state index in [1.165, 1.54) is 6.20 Å². The predicted octanol–water partition coefficient (Wildman–Crippen LogP) is 3.96. The molecule has 0 saturated heterocycles. The summed E-state index contributed by atoms with van der Waals surface area (Å²) >= 11 is 9.09. The van der Waals surface area contributed by atoms with E-state index in [9.17, 15) is 4.79 Å². The molecule has 0 bridgehead atoms. The van der Waals surface area contributed by atoms with Crippen molar-refractivity contribution in [1.82, 2.24) is 9.55 Å². The number of pyridine rings is 1. The van der Waals surface area contributed by atoms with Crippen LogP contribution in [0.1, 0.15) is 23.8 Å². The largest absolute Gasteiger partial charge is 0.342 e. The van der Waals surface area contributed by atoms with Crippen molar-refractivity contribution in [3.63, 3.8) is 0 Å². The highest BCUT2D eigenvalue weighted by atomic mass is 79.9. The number of hydrogen-bond donors (Lipinski definition) is 1. The Labute approximate surface area is 124 Å². The van der Waals surface area contributed by atoms with Gasteiger partial charge in [0.25, 0.3) is 5.91 Å². The Bertz CT molecular complexity index is 580. The lowest BCUT2D eigenvalue weighted by atomic mass is 10.3. The number of aryl methyl sites for hydroxylation is 1. The van der Waals surface area contributed by atoms with E-state index in [1.807, 2.05) is 10.8 Å². The SMILES string of the molecule is CCCn1cc(Br)cc1C(=O)Nc1ccc(Cl)nc1. The third-order valence-corrected chi connectivity index (χ3v) is 3.20. The summed E-state index contributed by atoms with van der Waals surface area (Å²) in [5.74, 6) is -0.164. The van der Waals surface area contributed by atoms with Crippen molar-refractivity contribution in [2.45, 2.75) is 19.9 Å². The molecule has 0 atom stereocenters. The minimum absolute atomic E-state index is 0.164. The van der Waals surface area contributed by atoms with Gasteiger partial charge in [-0.25, -0.2) is 4.98 Å². The van der Waals surface area contributed by atoms with Crippen molar-refractivity contribution in [3.8, 4) is 0 Å². The summed E-state index contributed by atoms with van der Waals surface area (Å²) in [4.78, 5) is 16.1. The van der Waals surface area contributed by atoms with E-state index < -0.39 is 0 Å². The van der Waals surface area contributed by atoms with E-state index in [-0.39, 0.29) is 5.91 Å². The number of carbonyl (C=O) groups excluding carboxylic acids is 1. The van der Waals surface area contributed by atoms with Gasteiger partial charge in [0.05, 0.1) is 11.9 Å². The summed E-state index contributed by atoms with van der Waals surface area (Å²) in [6.07, 6.45) is 4.39. The minimum atomic E-state index is -0.164. The summed E-state index contributed by atoms with van der Waals surface area (Å²) < 4.78 is 2.81. The molecule has 0 aliphatic heterocycles. The molecule has 1 amide bonds. The third-order valence-electron chi connectivity index (χ3n) is 2.55. The first-order valence-corrected chi connectivity index (χ1v) is 7.06. The standard InChI is InChI=1S/C13H13BrClN3O/c1-2-5-18-8-9(14)6-11(18)13(19)17-10-3-4-12(15)16-7-10/h3-4,6-8H,2,5H2,1H3,(H,17,19). The molecule has 0 fully saturated rings. The molecule has 4 nitrogen and oxygen atoms in total. The van der Waals surface area contributed by atoms with Crippen LogP contribution < -0.4 is 5.32 Å². The topological polar surface area (TPSA) is 46.9 Å². The number of carbonyl (C=O) groups is 1. The molecule has 0 aromatic carbocycles. The molecule has 0 spiro atoms. The van der Waals surface area contributed by atoms with Crippen LogP contribution in [0.5, 0.6) is 0 Å². The number of hydrogen-bond acceptors (Lipinski definition) is 2. The molecule has 2 aromatic rings. The fourth-order valence-corrected chi connectivity index (χ4v) is 2.31. The predicted molar refractivity (Wildman–Crippen MR) is 79.6 cm³/mol. The molecule has 1 N–H and O–H groups in total. The third kappa shape index (κ3) is 3.58. The van der Waals surface area contributed by atoms with Crippen LogP contribution in [0.2, 0.25) is 5.15 Å². The van der Waals surface area contributed by atoms with E-state index >= 15 is 0 Å². The quantitative estimate of drug-likeness (QED) is 0.855. The second-order valence-corrected chi connectivity index (χ2v) is 5.36. The van der Waals surface area contributed by atoms with Gasteiger partial charge in [0.2, 0.25) is 0 Å². The highest BCUT2D eigenvalue weighted by molar-refractivity contribution is 9.10. The first-order valence-electron chi connectivity index (χ1n) is 5.88. The zero-order chi connectivity index (χ0) is 13.8. The van der Waals surface area contributed by atoms with Crippen molar-refractivity contribution in [2.75, 3.05) is 5.32 Å². The highest BCUT2D eigenvalue weighted by Crippen LogP contribution is 2.17. The number of nitrogens with one attached hydrogen (secondary N) is 1. The Hall–Kier alpha value is -1.33. The second kappa shape index (κ2) is 6.21. The van der Waals surface area contributed by atoms with Crippen molar-refractivity contribution in [3.05, 3.63) is 45.9 Å². The monoisotopic (exact) mass is 341 g/mol. The lowest BCUT2D eigenvalue weighted by Crippen LogP contribution is -2.16. The molecule has 0 aliphatic carbocycles. The van der Waals surface area contributed by atoms with Crippen LogP contribution in [0.15, 0.2) is 35.1 Å². The van der Waals surface area contributed by atoms with E-state index in [2.05, 4.69) is 33.2 Å². The number of halogens is 2. The zero-order valence-corrected chi connectivity index (χ0v) is 12.7. The summed E-state index contributed by atoms with van der Waals surface area (Å²) in [7, 11) is 0. The van der Waals surface area contributed by atoms with Crippen molar-refractivity contribution in [1.29, 1.82) is 0 Å². The van der Waals surface area contributed by atoms with Crippen molar-refractivity contribution < 1.29 is 4.79 Å². The molecule has 2 aromatic heterocycles. The number of rotatable bonds is 4. The highest BCUT2D eigenvalue weighted by Gasteiger charge is 2.13. The number of anilines is 1. The first kappa shape index (κ1) is 14.1. The van der Waals surface area contributed by atoms with E-state index in [0.717, 1.165) is 17.4 Å². The molecule has 2 heterocycles. The maximum atomic E-state index is 12.2.